The molecule has 7 heteroatoms. The number of aromatic nitrogens is 3. The predicted octanol–water partition coefficient (Wildman–Crippen LogP) is 2.58. The van der Waals surface area contributed by atoms with Gasteiger partial charge in [-0.05, 0) is 27.2 Å². The summed E-state index contributed by atoms with van der Waals surface area (Å²) in [7, 11) is 0. The lowest BCUT2D eigenvalue weighted by Gasteiger charge is -2.22. The van der Waals surface area contributed by atoms with Crippen LogP contribution in [0.5, 0.6) is 0 Å². The summed E-state index contributed by atoms with van der Waals surface area (Å²) in [4.78, 5) is 25.7. The van der Waals surface area contributed by atoms with Gasteiger partial charge in [-0.2, -0.15) is 0 Å². The number of hydrogen-bond donors (Lipinski definition) is 0. The highest BCUT2D eigenvalue weighted by molar-refractivity contribution is 7.09. The van der Waals surface area contributed by atoms with Gasteiger partial charge in [0.2, 0.25) is 0 Å². The van der Waals surface area contributed by atoms with E-state index in [-0.39, 0.29) is 5.91 Å². The van der Waals surface area contributed by atoms with Crippen molar-refractivity contribution in [3.63, 3.8) is 0 Å². The van der Waals surface area contributed by atoms with Crippen LogP contribution < -0.4 is 0 Å². The summed E-state index contributed by atoms with van der Waals surface area (Å²) in [5.41, 5.74) is 0.585. The van der Waals surface area contributed by atoms with Crippen LogP contribution >= 0.6 is 11.3 Å². The first-order valence-electron chi connectivity index (χ1n) is 8.50. The second-order valence-electron chi connectivity index (χ2n) is 6.52. The van der Waals surface area contributed by atoms with Crippen molar-refractivity contribution < 1.29 is 4.79 Å². The first-order valence-corrected chi connectivity index (χ1v) is 9.38. The monoisotopic (exact) mass is 347 g/mol. The summed E-state index contributed by atoms with van der Waals surface area (Å²) < 4.78 is 2.21. The van der Waals surface area contributed by atoms with Crippen LogP contribution in [0, 0.1) is 6.92 Å². The number of hydrogen-bond acceptors (Lipinski definition) is 5. The topological polar surface area (TPSA) is 54.3 Å². The van der Waals surface area contributed by atoms with Crippen molar-refractivity contribution in [1.29, 1.82) is 0 Å². The minimum absolute atomic E-state index is 0.0601. The van der Waals surface area contributed by atoms with Crippen LogP contribution in [0.3, 0.4) is 0 Å². The van der Waals surface area contributed by atoms with E-state index in [1.807, 2.05) is 29.6 Å². The number of nitrogens with zero attached hydrogens (tertiary/aromatic N) is 5. The first kappa shape index (κ1) is 17.1. The van der Waals surface area contributed by atoms with Crippen LogP contribution in [0.4, 0.5) is 0 Å². The third kappa shape index (κ3) is 3.84. The SMILES string of the molecule is Cc1nc(C(=O)N2CCCN(Cc3nccn3C(C)C)CC2)cs1. The molecule has 0 bridgehead atoms. The molecule has 130 valence electrons. The van der Waals surface area contributed by atoms with Crippen LogP contribution in [0.1, 0.15) is 47.6 Å². The van der Waals surface area contributed by atoms with E-state index in [2.05, 4.69) is 33.3 Å². The minimum Gasteiger partial charge on any atom is -0.336 e. The average molecular weight is 347 g/mol. The van der Waals surface area contributed by atoms with E-state index in [1.165, 1.54) is 11.3 Å². The molecule has 0 aromatic carbocycles. The summed E-state index contributed by atoms with van der Waals surface area (Å²) in [6.45, 7) is 10.5. The number of amides is 1. The van der Waals surface area contributed by atoms with E-state index in [0.29, 0.717) is 11.7 Å². The summed E-state index contributed by atoms with van der Waals surface area (Å²) in [6.07, 6.45) is 4.89. The molecule has 3 heterocycles. The number of carbonyl (C=O) groups excluding carboxylic acids is 1. The summed E-state index contributed by atoms with van der Waals surface area (Å²) in [5, 5.41) is 2.80. The van der Waals surface area contributed by atoms with Gasteiger partial charge in [0, 0.05) is 50.0 Å². The maximum absolute atomic E-state index is 12.6. The smallest absolute Gasteiger partial charge is 0.273 e. The highest BCUT2D eigenvalue weighted by Crippen LogP contribution is 2.15. The lowest BCUT2D eigenvalue weighted by Crippen LogP contribution is -2.35. The van der Waals surface area contributed by atoms with Crippen molar-refractivity contribution in [3.05, 3.63) is 34.3 Å². The molecule has 24 heavy (non-hydrogen) atoms. The van der Waals surface area contributed by atoms with Crippen molar-refractivity contribution >= 4 is 17.2 Å². The van der Waals surface area contributed by atoms with Gasteiger partial charge < -0.3 is 9.47 Å². The van der Waals surface area contributed by atoms with Gasteiger partial charge in [-0.25, -0.2) is 9.97 Å². The summed E-state index contributed by atoms with van der Waals surface area (Å²) in [6, 6.07) is 0.417. The van der Waals surface area contributed by atoms with Gasteiger partial charge in [-0.3, -0.25) is 9.69 Å². The zero-order valence-electron chi connectivity index (χ0n) is 14.6. The quantitative estimate of drug-likeness (QED) is 0.853. The molecule has 3 rings (SSSR count). The van der Waals surface area contributed by atoms with E-state index in [0.717, 1.165) is 50.0 Å². The molecular formula is C17H25N5OS. The molecule has 0 radical (unpaired) electrons. The highest BCUT2D eigenvalue weighted by atomic mass is 32.1. The Morgan fingerprint density at radius 3 is 2.83 bits per heavy atom. The molecule has 1 fully saturated rings. The number of rotatable bonds is 4. The van der Waals surface area contributed by atoms with Crippen molar-refractivity contribution in [2.75, 3.05) is 26.2 Å². The van der Waals surface area contributed by atoms with E-state index < -0.39 is 0 Å². The van der Waals surface area contributed by atoms with Crippen LogP contribution in [0.15, 0.2) is 17.8 Å². The molecule has 0 atom stereocenters. The fraction of sp³-hybridized carbons (Fsp3) is 0.588. The highest BCUT2D eigenvalue weighted by Gasteiger charge is 2.22. The van der Waals surface area contributed by atoms with Crippen LogP contribution in [-0.4, -0.2) is 56.4 Å². The molecular weight excluding hydrogens is 322 g/mol. The Morgan fingerprint density at radius 1 is 1.29 bits per heavy atom. The Hall–Kier alpha value is -1.73. The normalized spacial score (nSPS) is 16.6. The van der Waals surface area contributed by atoms with Crippen LogP contribution in [0.2, 0.25) is 0 Å². The first-order chi connectivity index (χ1) is 11.5. The standard InChI is InChI=1S/C17H25N5OS/c1-13(2)22-8-5-18-16(22)11-20-6-4-7-21(10-9-20)17(23)15-12-24-14(3)19-15/h5,8,12-13H,4,6-7,9-11H2,1-3H3. The Balaban J connectivity index is 1.61. The molecule has 0 N–H and O–H groups in total. The van der Waals surface area contributed by atoms with E-state index >= 15 is 0 Å². The minimum atomic E-state index is 0.0601. The molecule has 0 unspecified atom stereocenters. The lowest BCUT2D eigenvalue weighted by molar-refractivity contribution is 0.0755. The molecule has 6 nitrogen and oxygen atoms in total. The third-order valence-electron chi connectivity index (χ3n) is 4.38. The van der Waals surface area contributed by atoms with Gasteiger partial charge in [-0.1, -0.05) is 0 Å². The molecule has 0 aliphatic carbocycles. The Kier molecular flexibility index (Phi) is 5.30. The number of imidazole rings is 1. The van der Waals surface area contributed by atoms with Gasteiger partial charge in [0.25, 0.3) is 5.91 Å². The number of carbonyl (C=O) groups is 1. The average Bonchev–Trinajstić information content (AvgIpc) is 3.11. The zero-order chi connectivity index (χ0) is 17.1. The largest absolute Gasteiger partial charge is 0.336 e. The number of aryl methyl sites for hydroxylation is 1. The van der Waals surface area contributed by atoms with E-state index in [4.69, 9.17) is 0 Å². The fourth-order valence-electron chi connectivity index (χ4n) is 3.09. The Morgan fingerprint density at radius 2 is 2.12 bits per heavy atom. The lowest BCUT2D eigenvalue weighted by atomic mass is 10.3. The van der Waals surface area contributed by atoms with Gasteiger partial charge >= 0.3 is 0 Å². The van der Waals surface area contributed by atoms with E-state index in [9.17, 15) is 4.79 Å². The molecule has 1 aliphatic heterocycles. The maximum Gasteiger partial charge on any atom is 0.273 e. The zero-order valence-corrected chi connectivity index (χ0v) is 15.4. The van der Waals surface area contributed by atoms with E-state index in [1.54, 1.807) is 0 Å². The van der Waals surface area contributed by atoms with Crippen LogP contribution in [0.25, 0.3) is 0 Å². The molecule has 2 aromatic heterocycles. The Labute approximate surface area is 147 Å². The van der Waals surface area contributed by atoms with Gasteiger partial charge in [0.1, 0.15) is 11.5 Å². The van der Waals surface area contributed by atoms with Gasteiger partial charge in [-0.15, -0.1) is 11.3 Å². The van der Waals surface area contributed by atoms with Crippen molar-refractivity contribution in [2.24, 2.45) is 0 Å². The second-order valence-corrected chi connectivity index (χ2v) is 7.58. The molecule has 0 saturated carbocycles. The maximum atomic E-state index is 12.6. The Bertz CT molecular complexity index is 693. The molecule has 0 spiro atoms. The fourth-order valence-corrected chi connectivity index (χ4v) is 3.68. The second kappa shape index (κ2) is 7.44. The van der Waals surface area contributed by atoms with Crippen molar-refractivity contribution in [3.8, 4) is 0 Å². The predicted molar refractivity (Wildman–Crippen MR) is 95.3 cm³/mol. The third-order valence-corrected chi connectivity index (χ3v) is 5.16. The van der Waals surface area contributed by atoms with Gasteiger partial charge in [0.05, 0.1) is 11.6 Å². The van der Waals surface area contributed by atoms with Crippen molar-refractivity contribution in [1.82, 2.24) is 24.3 Å². The number of thiazole rings is 1. The molecule has 2 aromatic rings. The molecule has 1 amide bonds. The molecule has 1 aliphatic rings. The molecule has 1 saturated heterocycles. The summed E-state index contributed by atoms with van der Waals surface area (Å²) in [5.74, 6) is 1.16. The van der Waals surface area contributed by atoms with Crippen LogP contribution in [-0.2, 0) is 6.54 Å². The summed E-state index contributed by atoms with van der Waals surface area (Å²) >= 11 is 1.53. The van der Waals surface area contributed by atoms with Crippen molar-refractivity contribution in [2.45, 2.75) is 39.8 Å². The van der Waals surface area contributed by atoms with Gasteiger partial charge in [0.15, 0.2) is 0 Å².